The molecule has 8 nitrogen and oxygen atoms in total. The molecule has 0 bridgehead atoms. The number of ether oxygens (including phenoxy) is 2. The minimum Gasteiger partial charge on any atom is -0.477 e. The molecule has 56 heavy (non-hydrogen) atoms. The molecular weight excluding hydrogens is 1080 g/mol. The Morgan fingerprint density at radius 3 is 0.571 bits per heavy atom. The van der Waals surface area contributed by atoms with Crippen molar-refractivity contribution in [2.24, 2.45) is 0 Å². The van der Waals surface area contributed by atoms with Crippen molar-refractivity contribution in [3.63, 3.8) is 0 Å². The molecular formula is C18H6F28O8Rh2. The maximum absolute atomic E-state index is 12.8. The molecule has 0 heterocycles. The van der Waals surface area contributed by atoms with Crippen LogP contribution in [0, 0.1) is 0 Å². The number of rotatable bonds is 11. The second-order valence-corrected chi connectivity index (χ2v) is 8.47. The molecule has 0 aliphatic heterocycles. The number of halogens is 28. The first-order chi connectivity index (χ1) is 22.9. The summed E-state index contributed by atoms with van der Waals surface area (Å²) in [6, 6.07) is 0. The molecule has 0 aromatic rings. The molecule has 340 valence electrons. The summed E-state index contributed by atoms with van der Waals surface area (Å²) in [5.74, 6) is -66.7. The smallest absolute Gasteiger partial charge is 0.460 e. The van der Waals surface area contributed by atoms with Gasteiger partial charge in [0.1, 0.15) is 13.2 Å². The first-order valence-corrected chi connectivity index (χ1v) is 11.0. The van der Waals surface area contributed by atoms with E-state index in [1.165, 1.54) is 0 Å². The van der Waals surface area contributed by atoms with Gasteiger partial charge in [0.15, 0.2) is 0 Å². The molecule has 0 atom stereocenters. The van der Waals surface area contributed by atoms with Crippen molar-refractivity contribution < 1.29 is 201 Å². The van der Waals surface area contributed by atoms with E-state index < -0.39 is 109 Å². The first-order valence-electron chi connectivity index (χ1n) is 11.0. The molecule has 0 spiro atoms. The number of carboxylic acids is 2. The second kappa shape index (κ2) is 18.8. The molecule has 0 saturated heterocycles. The fourth-order valence-electron chi connectivity index (χ4n) is 1.69. The van der Waals surface area contributed by atoms with E-state index in [0.29, 0.717) is 0 Å². The number of hydrogen-bond donors (Lipinski definition) is 2. The molecule has 0 aromatic heterocycles. The fraction of sp³-hybridized carbons (Fsp3) is 0.778. The second-order valence-electron chi connectivity index (χ2n) is 8.47. The number of esters is 2. The van der Waals surface area contributed by atoms with Gasteiger partial charge >= 0.3 is 96.0 Å². The summed E-state index contributed by atoms with van der Waals surface area (Å²) < 4.78 is 339. The van der Waals surface area contributed by atoms with Crippen LogP contribution in [-0.4, -0.2) is 119 Å². The largest absolute Gasteiger partial charge is 0.477 e. The zero-order chi connectivity index (χ0) is 45.1. The van der Waals surface area contributed by atoms with E-state index in [9.17, 15) is 142 Å². The van der Waals surface area contributed by atoms with E-state index in [1.54, 1.807) is 0 Å². The summed E-state index contributed by atoms with van der Waals surface area (Å²) in [5.41, 5.74) is 0. The first kappa shape index (κ1) is 62.4. The van der Waals surface area contributed by atoms with Crippen molar-refractivity contribution in [2.75, 3.05) is 13.2 Å². The Morgan fingerprint density at radius 1 is 0.321 bits per heavy atom. The summed E-state index contributed by atoms with van der Waals surface area (Å²) >= 11 is 0. The zero-order valence-electron chi connectivity index (χ0n) is 24.0. The fourth-order valence-corrected chi connectivity index (χ4v) is 1.69. The van der Waals surface area contributed by atoms with Gasteiger partial charge in [-0.05, 0) is 0 Å². The van der Waals surface area contributed by atoms with Crippen LogP contribution >= 0.6 is 0 Å². The summed E-state index contributed by atoms with van der Waals surface area (Å²) in [6.07, 6.45) is -27.1. The van der Waals surface area contributed by atoms with Crippen molar-refractivity contribution in [3.8, 4) is 0 Å². The van der Waals surface area contributed by atoms with E-state index in [2.05, 4.69) is 9.47 Å². The van der Waals surface area contributed by atoms with Crippen molar-refractivity contribution >= 4 is 23.9 Å². The molecule has 0 amide bonds. The van der Waals surface area contributed by atoms with E-state index in [1.807, 2.05) is 0 Å². The minimum atomic E-state index is -6.95. The standard InChI is InChI=1S/C10H4F14O4.2C4HF7O2.2Rh/c11-5(12,7(15,16)9(19,20)21)3(25)27-1-2-28-4(26)6(13,14)8(17,18)10(22,23)24;2*5-2(6,1(12)13)3(7,8)4(9,10)11;;/h1-2H2;2*(H,12,13);;. The summed E-state index contributed by atoms with van der Waals surface area (Å²) in [6.45, 7) is -3.94. The van der Waals surface area contributed by atoms with Crippen LogP contribution in [0.4, 0.5) is 123 Å². The van der Waals surface area contributed by atoms with Gasteiger partial charge in [-0.3, -0.25) is 0 Å². The maximum atomic E-state index is 12.8. The number of carbonyl (C=O) groups excluding carboxylic acids is 2. The van der Waals surface area contributed by atoms with E-state index in [4.69, 9.17) is 10.2 Å². The molecule has 2 N–H and O–H groups in total. The van der Waals surface area contributed by atoms with Gasteiger partial charge in [0, 0.05) is 39.0 Å². The number of aliphatic carboxylic acids is 2. The molecule has 0 aromatic carbocycles. The zero-order valence-corrected chi connectivity index (χ0v) is 27.3. The average Bonchev–Trinajstić information content (AvgIpc) is 2.92. The third-order valence-electron chi connectivity index (χ3n) is 4.60. The van der Waals surface area contributed by atoms with Crippen molar-refractivity contribution in [1.29, 1.82) is 0 Å². The van der Waals surface area contributed by atoms with Crippen LogP contribution in [-0.2, 0) is 67.6 Å². The van der Waals surface area contributed by atoms with Crippen molar-refractivity contribution in [1.82, 2.24) is 0 Å². The Kier molecular flexibility index (Phi) is 21.0. The van der Waals surface area contributed by atoms with Crippen molar-refractivity contribution in [2.45, 2.75) is 72.1 Å². The Labute approximate surface area is 310 Å². The molecule has 38 heteroatoms. The molecule has 0 aliphatic rings. The van der Waals surface area contributed by atoms with Gasteiger partial charge in [0.05, 0.1) is 0 Å². The summed E-state index contributed by atoms with van der Waals surface area (Å²) in [4.78, 5) is 39.9. The molecule has 0 aliphatic carbocycles. The normalized spacial score (nSPS) is 14.0. The van der Waals surface area contributed by atoms with Crippen LogP contribution < -0.4 is 0 Å². The van der Waals surface area contributed by atoms with Crippen LogP contribution in [0.1, 0.15) is 0 Å². The van der Waals surface area contributed by atoms with E-state index in [0.717, 1.165) is 0 Å². The van der Waals surface area contributed by atoms with Crippen LogP contribution in [0.5, 0.6) is 0 Å². The quantitative estimate of drug-likeness (QED) is 0.0942. The van der Waals surface area contributed by atoms with E-state index >= 15 is 0 Å². The number of carbonyl (C=O) groups is 4. The number of alkyl halides is 28. The molecule has 2 radical (unpaired) electrons. The van der Waals surface area contributed by atoms with Crippen LogP contribution in [0.2, 0.25) is 0 Å². The van der Waals surface area contributed by atoms with Gasteiger partial charge in [-0.1, -0.05) is 0 Å². The summed E-state index contributed by atoms with van der Waals surface area (Å²) in [5, 5.41) is 14.8. The SMILES string of the molecule is O=C(O)C(F)(F)C(F)(F)C(F)(F)F.O=C(O)C(F)(F)C(F)(F)C(F)(F)F.O=C(OCCOC(=O)C(F)(F)C(F)(F)C(F)(F)F)C(F)(F)C(F)(F)C(F)(F)F.[Rh].[Rh]. The monoisotopic (exact) mass is 1090 g/mol. The van der Waals surface area contributed by atoms with Gasteiger partial charge in [0.2, 0.25) is 0 Å². The van der Waals surface area contributed by atoms with E-state index in [-0.39, 0.29) is 39.0 Å². The molecule has 0 saturated carbocycles. The van der Waals surface area contributed by atoms with Crippen molar-refractivity contribution in [3.05, 3.63) is 0 Å². The minimum absolute atomic E-state index is 0. The Hall–Kier alpha value is -2.83. The van der Waals surface area contributed by atoms with Crippen LogP contribution in [0.3, 0.4) is 0 Å². The molecule has 0 unspecified atom stereocenters. The van der Waals surface area contributed by atoms with Crippen LogP contribution in [0.15, 0.2) is 0 Å². The van der Waals surface area contributed by atoms with Gasteiger partial charge in [-0.25, -0.2) is 19.2 Å². The van der Waals surface area contributed by atoms with Crippen LogP contribution in [0.25, 0.3) is 0 Å². The third-order valence-corrected chi connectivity index (χ3v) is 4.60. The number of hydrogen-bond acceptors (Lipinski definition) is 6. The number of carboxylic acid groups (broad SMARTS) is 2. The Balaban J connectivity index is -0.000000259. The third kappa shape index (κ3) is 12.8. The van der Waals surface area contributed by atoms with Gasteiger partial charge < -0.3 is 19.7 Å². The Morgan fingerprint density at radius 2 is 0.464 bits per heavy atom. The average molecular weight is 1090 g/mol. The molecule has 0 rings (SSSR count). The topological polar surface area (TPSA) is 127 Å². The van der Waals surface area contributed by atoms with Gasteiger partial charge in [-0.15, -0.1) is 0 Å². The van der Waals surface area contributed by atoms with Gasteiger partial charge in [0.25, 0.3) is 0 Å². The predicted molar refractivity (Wildman–Crippen MR) is 101 cm³/mol. The molecule has 0 fully saturated rings. The summed E-state index contributed by atoms with van der Waals surface area (Å²) in [7, 11) is 0. The predicted octanol–water partition coefficient (Wildman–Crippen LogP) is 7.54. The van der Waals surface area contributed by atoms with Gasteiger partial charge in [-0.2, -0.15) is 123 Å². The maximum Gasteiger partial charge on any atom is 0.460 e. The Bertz CT molecular complexity index is 1230.